The summed E-state index contributed by atoms with van der Waals surface area (Å²) >= 11 is 0. The van der Waals surface area contributed by atoms with Crippen molar-refractivity contribution in [1.82, 2.24) is 4.90 Å². The van der Waals surface area contributed by atoms with Crippen molar-refractivity contribution in [2.45, 2.75) is 46.0 Å². The molecule has 106 valence electrons. The average molecular weight is 254 g/mol. The van der Waals surface area contributed by atoms with Crippen molar-refractivity contribution < 1.29 is 4.74 Å². The molecule has 0 saturated carbocycles. The Morgan fingerprint density at radius 1 is 1.11 bits per heavy atom. The third-order valence-electron chi connectivity index (χ3n) is 4.83. The van der Waals surface area contributed by atoms with Crippen LogP contribution < -0.4 is 5.73 Å². The Morgan fingerprint density at radius 2 is 1.94 bits per heavy atom. The molecule has 2 heterocycles. The first kappa shape index (κ1) is 14.3. The highest BCUT2D eigenvalue weighted by molar-refractivity contribution is 4.87. The Balaban J connectivity index is 1.91. The second-order valence-electron chi connectivity index (χ2n) is 7.15. The standard InChI is InChI=1S/C15H30N2O/c1-14(2)5-3-8-17(9-7-14)12-15(11-16)6-4-10-18-13-15/h3-13,16H2,1-2H3. The zero-order valence-corrected chi connectivity index (χ0v) is 12.2. The van der Waals surface area contributed by atoms with Gasteiger partial charge in [-0.05, 0) is 50.6 Å². The first-order chi connectivity index (χ1) is 8.55. The number of likely N-dealkylation sites (tertiary alicyclic amines) is 1. The van der Waals surface area contributed by atoms with Crippen LogP contribution in [-0.2, 0) is 4.74 Å². The molecule has 0 aromatic carbocycles. The van der Waals surface area contributed by atoms with Crippen LogP contribution in [0, 0.1) is 10.8 Å². The second kappa shape index (κ2) is 5.89. The summed E-state index contributed by atoms with van der Waals surface area (Å²) in [4.78, 5) is 2.64. The predicted octanol–water partition coefficient (Wildman–Crippen LogP) is 2.25. The quantitative estimate of drug-likeness (QED) is 0.839. The van der Waals surface area contributed by atoms with Crippen molar-refractivity contribution in [2.24, 2.45) is 16.6 Å². The highest BCUT2D eigenvalue weighted by Crippen LogP contribution is 2.33. The highest BCUT2D eigenvalue weighted by atomic mass is 16.5. The molecule has 1 atom stereocenters. The molecule has 18 heavy (non-hydrogen) atoms. The number of nitrogens with two attached hydrogens (primary N) is 1. The molecule has 0 radical (unpaired) electrons. The lowest BCUT2D eigenvalue weighted by molar-refractivity contribution is -0.0216. The zero-order chi connectivity index (χ0) is 13.1. The molecule has 3 nitrogen and oxygen atoms in total. The molecule has 0 amide bonds. The Hall–Kier alpha value is -0.120. The van der Waals surface area contributed by atoms with Crippen molar-refractivity contribution in [3.05, 3.63) is 0 Å². The van der Waals surface area contributed by atoms with E-state index in [-0.39, 0.29) is 5.41 Å². The number of hydrogen-bond donors (Lipinski definition) is 1. The lowest BCUT2D eigenvalue weighted by Crippen LogP contribution is -2.48. The smallest absolute Gasteiger partial charge is 0.0546 e. The Kier molecular flexibility index (Phi) is 4.68. The molecule has 2 saturated heterocycles. The van der Waals surface area contributed by atoms with Gasteiger partial charge >= 0.3 is 0 Å². The van der Waals surface area contributed by atoms with Crippen LogP contribution in [0.4, 0.5) is 0 Å². The van der Waals surface area contributed by atoms with E-state index in [2.05, 4.69) is 18.7 Å². The minimum absolute atomic E-state index is 0.229. The largest absolute Gasteiger partial charge is 0.381 e. The molecule has 3 heteroatoms. The van der Waals surface area contributed by atoms with Gasteiger partial charge in [0.2, 0.25) is 0 Å². The van der Waals surface area contributed by atoms with E-state index in [4.69, 9.17) is 10.5 Å². The Morgan fingerprint density at radius 3 is 2.61 bits per heavy atom. The topological polar surface area (TPSA) is 38.5 Å². The lowest BCUT2D eigenvalue weighted by atomic mass is 9.82. The SMILES string of the molecule is CC1(C)CCCN(CC2(CN)CCCOC2)CC1. The predicted molar refractivity (Wildman–Crippen MR) is 75.6 cm³/mol. The fourth-order valence-electron chi connectivity index (χ4n) is 3.37. The minimum atomic E-state index is 0.229. The summed E-state index contributed by atoms with van der Waals surface area (Å²) in [6.07, 6.45) is 6.42. The number of hydrogen-bond acceptors (Lipinski definition) is 3. The van der Waals surface area contributed by atoms with Gasteiger partial charge in [-0.25, -0.2) is 0 Å². The van der Waals surface area contributed by atoms with E-state index in [0.29, 0.717) is 5.41 Å². The van der Waals surface area contributed by atoms with E-state index < -0.39 is 0 Å². The molecule has 2 aliphatic heterocycles. The molecule has 0 aromatic heterocycles. The van der Waals surface area contributed by atoms with E-state index in [0.717, 1.165) is 26.3 Å². The van der Waals surface area contributed by atoms with Crippen LogP contribution in [0.2, 0.25) is 0 Å². The Bertz CT molecular complexity index is 259. The van der Waals surface area contributed by atoms with Crippen LogP contribution in [0.15, 0.2) is 0 Å². The van der Waals surface area contributed by atoms with E-state index in [1.807, 2.05) is 0 Å². The third kappa shape index (κ3) is 3.69. The van der Waals surface area contributed by atoms with Crippen LogP contribution in [0.5, 0.6) is 0 Å². The van der Waals surface area contributed by atoms with Crippen molar-refractivity contribution in [3.8, 4) is 0 Å². The van der Waals surface area contributed by atoms with Gasteiger partial charge in [-0.1, -0.05) is 13.8 Å². The summed E-state index contributed by atoms with van der Waals surface area (Å²) in [6, 6.07) is 0. The van der Waals surface area contributed by atoms with Gasteiger partial charge < -0.3 is 15.4 Å². The molecule has 0 aromatic rings. The van der Waals surface area contributed by atoms with Gasteiger partial charge in [0.05, 0.1) is 6.61 Å². The van der Waals surface area contributed by atoms with Crippen LogP contribution in [-0.4, -0.2) is 44.3 Å². The lowest BCUT2D eigenvalue weighted by Gasteiger charge is -2.40. The molecule has 0 bridgehead atoms. The summed E-state index contributed by atoms with van der Waals surface area (Å²) < 4.78 is 5.68. The number of nitrogens with zero attached hydrogens (tertiary/aromatic N) is 1. The van der Waals surface area contributed by atoms with E-state index in [1.54, 1.807) is 0 Å². The molecular formula is C15H30N2O. The van der Waals surface area contributed by atoms with Crippen molar-refractivity contribution >= 4 is 0 Å². The summed E-state index contributed by atoms with van der Waals surface area (Å²) in [5.41, 5.74) is 6.79. The number of rotatable bonds is 3. The fraction of sp³-hybridized carbons (Fsp3) is 1.00. The fourth-order valence-corrected chi connectivity index (χ4v) is 3.37. The summed E-state index contributed by atoms with van der Waals surface area (Å²) in [5.74, 6) is 0. The number of ether oxygens (including phenoxy) is 1. The van der Waals surface area contributed by atoms with Gasteiger partial charge in [0.15, 0.2) is 0 Å². The van der Waals surface area contributed by atoms with Gasteiger partial charge in [-0.2, -0.15) is 0 Å². The monoisotopic (exact) mass is 254 g/mol. The maximum absolute atomic E-state index is 6.04. The molecule has 2 aliphatic rings. The highest BCUT2D eigenvalue weighted by Gasteiger charge is 2.34. The first-order valence-corrected chi connectivity index (χ1v) is 7.56. The third-order valence-corrected chi connectivity index (χ3v) is 4.83. The van der Waals surface area contributed by atoms with Gasteiger partial charge in [0.25, 0.3) is 0 Å². The van der Waals surface area contributed by atoms with E-state index in [9.17, 15) is 0 Å². The molecule has 2 rings (SSSR count). The normalized spacial score (nSPS) is 34.2. The molecule has 0 aliphatic carbocycles. The van der Waals surface area contributed by atoms with Crippen LogP contribution in [0.25, 0.3) is 0 Å². The first-order valence-electron chi connectivity index (χ1n) is 7.56. The molecule has 1 unspecified atom stereocenters. The summed E-state index contributed by atoms with van der Waals surface area (Å²) in [5, 5.41) is 0. The minimum Gasteiger partial charge on any atom is -0.381 e. The molecular weight excluding hydrogens is 224 g/mol. The maximum Gasteiger partial charge on any atom is 0.0546 e. The van der Waals surface area contributed by atoms with Crippen molar-refractivity contribution in [1.29, 1.82) is 0 Å². The van der Waals surface area contributed by atoms with Crippen LogP contribution >= 0.6 is 0 Å². The molecule has 0 spiro atoms. The van der Waals surface area contributed by atoms with Gasteiger partial charge in [0, 0.05) is 25.1 Å². The van der Waals surface area contributed by atoms with Gasteiger partial charge in [-0.15, -0.1) is 0 Å². The Labute approximate surface area is 112 Å². The van der Waals surface area contributed by atoms with Crippen molar-refractivity contribution in [3.63, 3.8) is 0 Å². The van der Waals surface area contributed by atoms with Crippen LogP contribution in [0.1, 0.15) is 46.0 Å². The maximum atomic E-state index is 6.04. The second-order valence-corrected chi connectivity index (χ2v) is 7.15. The van der Waals surface area contributed by atoms with Crippen molar-refractivity contribution in [2.75, 3.05) is 39.4 Å². The van der Waals surface area contributed by atoms with E-state index >= 15 is 0 Å². The molecule has 2 N–H and O–H groups in total. The van der Waals surface area contributed by atoms with Crippen LogP contribution in [0.3, 0.4) is 0 Å². The average Bonchev–Trinajstić information content (AvgIpc) is 2.52. The van der Waals surface area contributed by atoms with Gasteiger partial charge in [-0.3, -0.25) is 0 Å². The summed E-state index contributed by atoms with van der Waals surface area (Å²) in [7, 11) is 0. The van der Waals surface area contributed by atoms with Gasteiger partial charge in [0.1, 0.15) is 0 Å². The van der Waals surface area contributed by atoms with E-state index in [1.165, 1.54) is 45.2 Å². The zero-order valence-electron chi connectivity index (χ0n) is 12.2. The summed E-state index contributed by atoms with van der Waals surface area (Å²) in [6.45, 7) is 11.0. The molecule has 2 fully saturated rings.